The SMILES string of the molecule is Cc1ccncc1.[Ni]. The third-order valence-corrected chi connectivity index (χ3v) is 0.847. The number of aromatic nitrogens is 1. The van der Waals surface area contributed by atoms with E-state index in [4.69, 9.17) is 0 Å². The van der Waals surface area contributed by atoms with E-state index < -0.39 is 0 Å². The van der Waals surface area contributed by atoms with E-state index in [2.05, 4.69) is 4.98 Å². The van der Waals surface area contributed by atoms with E-state index in [0.717, 1.165) is 0 Å². The molecule has 0 atom stereocenters. The Morgan fingerprint density at radius 2 is 1.75 bits per heavy atom. The van der Waals surface area contributed by atoms with E-state index in [1.807, 2.05) is 19.1 Å². The Labute approximate surface area is 59.1 Å². The van der Waals surface area contributed by atoms with Crippen LogP contribution in [0.1, 0.15) is 5.56 Å². The van der Waals surface area contributed by atoms with Crippen molar-refractivity contribution in [1.82, 2.24) is 4.98 Å². The monoisotopic (exact) mass is 151 g/mol. The molecule has 0 aliphatic carbocycles. The van der Waals surface area contributed by atoms with Crippen molar-refractivity contribution in [1.29, 1.82) is 0 Å². The second-order valence-electron chi connectivity index (χ2n) is 1.52. The van der Waals surface area contributed by atoms with Crippen LogP contribution in [0.5, 0.6) is 0 Å². The van der Waals surface area contributed by atoms with Gasteiger partial charge in [0.2, 0.25) is 0 Å². The molecule has 1 rings (SSSR count). The van der Waals surface area contributed by atoms with Gasteiger partial charge in [-0.2, -0.15) is 0 Å². The summed E-state index contributed by atoms with van der Waals surface area (Å²) in [5.74, 6) is 0. The van der Waals surface area contributed by atoms with Crippen molar-refractivity contribution in [3.8, 4) is 0 Å². The zero-order valence-corrected chi connectivity index (χ0v) is 5.56. The van der Waals surface area contributed by atoms with Crippen molar-refractivity contribution in [2.75, 3.05) is 0 Å². The first-order valence-electron chi connectivity index (χ1n) is 2.26. The van der Waals surface area contributed by atoms with Gasteiger partial charge in [0, 0.05) is 28.9 Å². The van der Waals surface area contributed by atoms with E-state index in [0.29, 0.717) is 0 Å². The largest absolute Gasteiger partial charge is 0.265 e. The number of rotatable bonds is 0. The Bertz CT molecular complexity index is 138. The molecule has 0 unspecified atom stereocenters. The van der Waals surface area contributed by atoms with Gasteiger partial charge in [-0.3, -0.25) is 4.98 Å². The van der Waals surface area contributed by atoms with Gasteiger partial charge in [0.25, 0.3) is 0 Å². The Hall–Kier alpha value is -0.356. The summed E-state index contributed by atoms with van der Waals surface area (Å²) in [5.41, 5.74) is 1.26. The molecular formula is C6H7NNi. The van der Waals surface area contributed by atoms with Crippen LogP contribution in [0.15, 0.2) is 24.5 Å². The molecule has 0 amide bonds. The molecule has 0 aliphatic rings. The predicted molar refractivity (Wildman–Crippen MR) is 29.0 cm³/mol. The van der Waals surface area contributed by atoms with Crippen molar-refractivity contribution >= 4 is 0 Å². The molecule has 0 saturated heterocycles. The first kappa shape index (κ1) is 7.64. The Balaban J connectivity index is 0.000000490. The maximum Gasteiger partial charge on any atom is 0.0270 e. The van der Waals surface area contributed by atoms with Gasteiger partial charge < -0.3 is 0 Å². The van der Waals surface area contributed by atoms with Gasteiger partial charge in [0.05, 0.1) is 0 Å². The summed E-state index contributed by atoms with van der Waals surface area (Å²) in [5, 5.41) is 0. The zero-order valence-electron chi connectivity index (χ0n) is 4.57. The predicted octanol–water partition coefficient (Wildman–Crippen LogP) is 1.39. The molecule has 0 aliphatic heterocycles. The van der Waals surface area contributed by atoms with Gasteiger partial charge in [-0.25, -0.2) is 0 Å². The van der Waals surface area contributed by atoms with Crippen molar-refractivity contribution < 1.29 is 16.5 Å². The third-order valence-electron chi connectivity index (χ3n) is 0.847. The van der Waals surface area contributed by atoms with E-state index >= 15 is 0 Å². The summed E-state index contributed by atoms with van der Waals surface area (Å²) in [6, 6.07) is 3.94. The smallest absolute Gasteiger partial charge is 0.0270 e. The first-order chi connectivity index (χ1) is 3.39. The number of nitrogens with zero attached hydrogens (tertiary/aromatic N) is 1. The van der Waals surface area contributed by atoms with Gasteiger partial charge in [0.1, 0.15) is 0 Å². The van der Waals surface area contributed by atoms with Gasteiger partial charge in [-0.15, -0.1) is 0 Å². The topological polar surface area (TPSA) is 12.9 Å². The molecule has 0 spiro atoms. The average Bonchev–Trinajstić information content (AvgIpc) is 1.69. The minimum Gasteiger partial charge on any atom is -0.265 e. The third kappa shape index (κ3) is 2.08. The molecule has 1 aromatic rings. The summed E-state index contributed by atoms with van der Waals surface area (Å²) in [6.45, 7) is 2.04. The standard InChI is InChI=1S/C6H7N.Ni/c1-6-2-4-7-5-3-6;/h2-5H,1H3;. The molecule has 0 aromatic carbocycles. The summed E-state index contributed by atoms with van der Waals surface area (Å²) < 4.78 is 0. The number of aryl methyl sites for hydroxylation is 1. The Kier molecular flexibility index (Phi) is 3.46. The van der Waals surface area contributed by atoms with Gasteiger partial charge in [-0.1, -0.05) is 0 Å². The van der Waals surface area contributed by atoms with E-state index in [-0.39, 0.29) is 16.5 Å². The van der Waals surface area contributed by atoms with Crippen molar-refractivity contribution in [2.24, 2.45) is 0 Å². The minimum atomic E-state index is 0. The second kappa shape index (κ2) is 3.62. The van der Waals surface area contributed by atoms with Crippen molar-refractivity contribution in [3.05, 3.63) is 30.1 Å². The molecule has 0 fully saturated rings. The zero-order chi connectivity index (χ0) is 5.11. The number of hydrogen-bond acceptors (Lipinski definition) is 1. The molecule has 0 radical (unpaired) electrons. The summed E-state index contributed by atoms with van der Waals surface area (Å²) in [4.78, 5) is 3.85. The quantitative estimate of drug-likeness (QED) is 0.511. The molecule has 1 aromatic heterocycles. The van der Waals surface area contributed by atoms with Crippen LogP contribution in [0.4, 0.5) is 0 Å². The average molecular weight is 152 g/mol. The maximum absolute atomic E-state index is 3.85. The molecule has 2 heteroatoms. The van der Waals surface area contributed by atoms with Gasteiger partial charge in [-0.05, 0) is 24.6 Å². The van der Waals surface area contributed by atoms with E-state index in [1.54, 1.807) is 12.4 Å². The molecule has 46 valence electrons. The van der Waals surface area contributed by atoms with E-state index in [9.17, 15) is 0 Å². The summed E-state index contributed by atoms with van der Waals surface area (Å²) >= 11 is 0. The van der Waals surface area contributed by atoms with Gasteiger partial charge >= 0.3 is 0 Å². The van der Waals surface area contributed by atoms with Gasteiger partial charge in [0.15, 0.2) is 0 Å². The summed E-state index contributed by atoms with van der Waals surface area (Å²) in [6.07, 6.45) is 3.57. The van der Waals surface area contributed by atoms with Crippen molar-refractivity contribution in [3.63, 3.8) is 0 Å². The van der Waals surface area contributed by atoms with Crippen LogP contribution >= 0.6 is 0 Å². The van der Waals surface area contributed by atoms with Crippen molar-refractivity contribution in [2.45, 2.75) is 6.92 Å². The minimum absolute atomic E-state index is 0. The second-order valence-corrected chi connectivity index (χ2v) is 1.52. The molecule has 0 N–H and O–H groups in total. The van der Waals surface area contributed by atoms with Crippen LogP contribution in [0.2, 0.25) is 0 Å². The van der Waals surface area contributed by atoms with Crippen LogP contribution in [-0.4, -0.2) is 4.98 Å². The van der Waals surface area contributed by atoms with Crippen LogP contribution in [0.3, 0.4) is 0 Å². The van der Waals surface area contributed by atoms with Crippen LogP contribution in [-0.2, 0) is 16.5 Å². The molecule has 0 saturated carbocycles. The fourth-order valence-corrected chi connectivity index (χ4v) is 0.426. The molecular weight excluding hydrogens is 145 g/mol. The fourth-order valence-electron chi connectivity index (χ4n) is 0.426. The summed E-state index contributed by atoms with van der Waals surface area (Å²) in [7, 11) is 0. The molecule has 0 bridgehead atoms. The molecule has 1 heterocycles. The maximum atomic E-state index is 3.85. The van der Waals surface area contributed by atoms with Crippen LogP contribution < -0.4 is 0 Å². The number of hydrogen-bond donors (Lipinski definition) is 0. The van der Waals surface area contributed by atoms with Crippen LogP contribution in [0.25, 0.3) is 0 Å². The Morgan fingerprint density at radius 3 is 2.00 bits per heavy atom. The first-order valence-corrected chi connectivity index (χ1v) is 2.26. The van der Waals surface area contributed by atoms with Crippen LogP contribution in [0, 0.1) is 6.92 Å². The molecule has 8 heavy (non-hydrogen) atoms. The fraction of sp³-hybridized carbons (Fsp3) is 0.167. The Morgan fingerprint density at radius 1 is 1.25 bits per heavy atom. The molecule has 1 nitrogen and oxygen atoms in total. The van der Waals surface area contributed by atoms with E-state index in [1.165, 1.54) is 5.56 Å². The number of pyridine rings is 1. The normalized spacial score (nSPS) is 7.62.